The van der Waals surface area contributed by atoms with Gasteiger partial charge in [-0.3, -0.25) is 9.78 Å². The highest BCUT2D eigenvalue weighted by Gasteiger charge is 2.34. The minimum absolute atomic E-state index is 0.0829. The van der Waals surface area contributed by atoms with Crippen molar-refractivity contribution in [1.82, 2.24) is 4.98 Å². The third-order valence-corrected chi connectivity index (χ3v) is 2.50. The minimum atomic E-state index is -0.754. The number of Topliss-reactive ketones (excluding diaryl/α,β-unsaturated/α-hetero) is 1. The first-order chi connectivity index (χ1) is 6.77. The number of carbonyl (C=O) groups is 1. The van der Waals surface area contributed by atoms with E-state index in [9.17, 15) is 9.90 Å². The average molecular weight is 191 g/mol. The van der Waals surface area contributed by atoms with Gasteiger partial charge in [-0.1, -0.05) is 6.07 Å². The zero-order valence-electron chi connectivity index (χ0n) is 7.89. The van der Waals surface area contributed by atoms with E-state index in [1.165, 1.54) is 0 Å². The fourth-order valence-electron chi connectivity index (χ4n) is 1.48. The summed E-state index contributed by atoms with van der Waals surface area (Å²) >= 11 is 0. The van der Waals surface area contributed by atoms with Gasteiger partial charge in [0, 0.05) is 18.8 Å². The molecule has 1 heterocycles. The molecule has 0 spiro atoms. The van der Waals surface area contributed by atoms with Gasteiger partial charge < -0.3 is 5.11 Å². The number of hydrogen-bond donors (Lipinski definition) is 1. The fraction of sp³-hybridized carbons (Fsp3) is 0.455. The first kappa shape index (κ1) is 9.34. The summed E-state index contributed by atoms with van der Waals surface area (Å²) in [6.07, 6.45) is 4.85. The molecule has 0 saturated heterocycles. The molecule has 1 atom stereocenters. The number of aliphatic hydroxyl groups is 1. The second kappa shape index (κ2) is 3.88. The number of aliphatic hydroxyl groups excluding tert-OH is 1. The Morgan fingerprint density at radius 3 is 3.00 bits per heavy atom. The SMILES string of the molecule is O=C(Cc1cccnc1)C(O)C1CC1. The van der Waals surface area contributed by atoms with Gasteiger partial charge >= 0.3 is 0 Å². The number of carbonyl (C=O) groups excluding carboxylic acids is 1. The first-order valence-electron chi connectivity index (χ1n) is 4.87. The van der Waals surface area contributed by atoms with Crippen LogP contribution in [-0.2, 0) is 11.2 Å². The lowest BCUT2D eigenvalue weighted by Gasteiger charge is -2.07. The van der Waals surface area contributed by atoms with Crippen molar-refractivity contribution in [3.05, 3.63) is 30.1 Å². The molecule has 1 aliphatic rings. The Kier molecular flexibility index (Phi) is 2.59. The van der Waals surface area contributed by atoms with Crippen LogP contribution in [0.2, 0.25) is 0 Å². The Labute approximate surface area is 82.8 Å². The normalized spacial score (nSPS) is 17.8. The Morgan fingerprint density at radius 2 is 2.43 bits per heavy atom. The maximum Gasteiger partial charge on any atom is 0.165 e. The molecule has 1 unspecified atom stereocenters. The zero-order valence-corrected chi connectivity index (χ0v) is 7.89. The Morgan fingerprint density at radius 1 is 1.64 bits per heavy atom. The first-order valence-corrected chi connectivity index (χ1v) is 4.87. The van der Waals surface area contributed by atoms with Crippen LogP contribution in [0.25, 0.3) is 0 Å². The summed E-state index contributed by atoms with van der Waals surface area (Å²) in [6.45, 7) is 0. The van der Waals surface area contributed by atoms with E-state index in [4.69, 9.17) is 0 Å². The van der Waals surface area contributed by atoms with Crippen molar-refractivity contribution in [3.63, 3.8) is 0 Å². The summed E-state index contributed by atoms with van der Waals surface area (Å²) in [7, 11) is 0. The van der Waals surface area contributed by atoms with Gasteiger partial charge in [-0.05, 0) is 30.4 Å². The van der Waals surface area contributed by atoms with Crippen LogP contribution < -0.4 is 0 Å². The molecule has 0 aliphatic heterocycles. The number of aromatic nitrogens is 1. The highest BCUT2D eigenvalue weighted by molar-refractivity contribution is 5.85. The van der Waals surface area contributed by atoms with Crippen LogP contribution in [0.3, 0.4) is 0 Å². The van der Waals surface area contributed by atoms with E-state index in [1.807, 2.05) is 6.07 Å². The van der Waals surface area contributed by atoms with Crippen molar-refractivity contribution in [3.8, 4) is 0 Å². The molecule has 1 saturated carbocycles. The van der Waals surface area contributed by atoms with Crippen LogP contribution in [0.1, 0.15) is 18.4 Å². The lowest BCUT2D eigenvalue weighted by atomic mass is 10.0. The minimum Gasteiger partial charge on any atom is -0.385 e. The monoisotopic (exact) mass is 191 g/mol. The van der Waals surface area contributed by atoms with Gasteiger partial charge in [-0.2, -0.15) is 0 Å². The molecule has 1 N–H and O–H groups in total. The maximum atomic E-state index is 11.5. The van der Waals surface area contributed by atoms with E-state index in [2.05, 4.69) is 4.98 Å². The van der Waals surface area contributed by atoms with Crippen molar-refractivity contribution in [2.45, 2.75) is 25.4 Å². The summed E-state index contributed by atoms with van der Waals surface area (Å²) < 4.78 is 0. The molecule has 0 bridgehead atoms. The van der Waals surface area contributed by atoms with Crippen LogP contribution in [0, 0.1) is 5.92 Å². The van der Waals surface area contributed by atoms with Gasteiger partial charge in [0.25, 0.3) is 0 Å². The standard InChI is InChI=1S/C11H13NO2/c13-10(11(14)9-3-4-9)6-8-2-1-5-12-7-8/h1-2,5,7,9,11,14H,3-4,6H2. The average Bonchev–Trinajstić information content (AvgIpc) is 3.01. The maximum absolute atomic E-state index is 11.5. The molecule has 0 aromatic carbocycles. The summed E-state index contributed by atoms with van der Waals surface area (Å²) in [4.78, 5) is 15.4. The molecule has 1 aromatic rings. The molecule has 74 valence electrons. The van der Waals surface area contributed by atoms with Crippen molar-refractivity contribution < 1.29 is 9.90 Å². The quantitative estimate of drug-likeness (QED) is 0.771. The van der Waals surface area contributed by atoms with E-state index < -0.39 is 6.10 Å². The summed E-state index contributed by atoms with van der Waals surface area (Å²) in [6, 6.07) is 3.65. The number of hydrogen-bond acceptors (Lipinski definition) is 3. The molecule has 3 heteroatoms. The lowest BCUT2D eigenvalue weighted by molar-refractivity contribution is -0.127. The predicted molar refractivity (Wildman–Crippen MR) is 51.7 cm³/mol. The molecule has 1 fully saturated rings. The van der Waals surface area contributed by atoms with Crippen molar-refractivity contribution in [1.29, 1.82) is 0 Å². The van der Waals surface area contributed by atoms with Crippen LogP contribution >= 0.6 is 0 Å². The van der Waals surface area contributed by atoms with Crippen molar-refractivity contribution in [2.75, 3.05) is 0 Å². The molecule has 0 radical (unpaired) electrons. The van der Waals surface area contributed by atoms with Gasteiger partial charge in [-0.15, -0.1) is 0 Å². The molecule has 14 heavy (non-hydrogen) atoms. The van der Waals surface area contributed by atoms with Gasteiger partial charge in [0.05, 0.1) is 0 Å². The van der Waals surface area contributed by atoms with Crippen molar-refractivity contribution in [2.24, 2.45) is 5.92 Å². The Bertz CT molecular complexity index is 319. The molecular formula is C11H13NO2. The van der Waals surface area contributed by atoms with Gasteiger partial charge in [-0.25, -0.2) is 0 Å². The predicted octanol–water partition coefficient (Wildman–Crippen LogP) is 0.964. The lowest BCUT2D eigenvalue weighted by Crippen LogP contribution is -2.24. The number of nitrogens with zero attached hydrogens (tertiary/aromatic N) is 1. The van der Waals surface area contributed by atoms with Crippen LogP contribution in [-0.4, -0.2) is 22.0 Å². The summed E-state index contributed by atoms with van der Waals surface area (Å²) in [5.74, 6) is 0.139. The largest absolute Gasteiger partial charge is 0.385 e. The second-order valence-corrected chi connectivity index (χ2v) is 3.79. The molecule has 0 amide bonds. The van der Waals surface area contributed by atoms with E-state index in [0.29, 0.717) is 6.42 Å². The highest BCUT2D eigenvalue weighted by atomic mass is 16.3. The van der Waals surface area contributed by atoms with Gasteiger partial charge in [0.15, 0.2) is 5.78 Å². The van der Waals surface area contributed by atoms with E-state index in [1.54, 1.807) is 18.5 Å². The molecule has 1 aromatic heterocycles. The third kappa shape index (κ3) is 2.17. The molecular weight excluding hydrogens is 178 g/mol. The number of rotatable bonds is 4. The summed E-state index contributed by atoms with van der Waals surface area (Å²) in [5.41, 5.74) is 0.872. The topological polar surface area (TPSA) is 50.2 Å². The molecule has 3 nitrogen and oxygen atoms in total. The summed E-state index contributed by atoms with van der Waals surface area (Å²) in [5, 5.41) is 9.55. The number of pyridine rings is 1. The Hall–Kier alpha value is -1.22. The van der Waals surface area contributed by atoms with E-state index >= 15 is 0 Å². The smallest absolute Gasteiger partial charge is 0.165 e. The van der Waals surface area contributed by atoms with Crippen LogP contribution in [0.5, 0.6) is 0 Å². The zero-order chi connectivity index (χ0) is 9.97. The molecule has 1 aliphatic carbocycles. The van der Waals surface area contributed by atoms with Gasteiger partial charge in [0.2, 0.25) is 0 Å². The second-order valence-electron chi connectivity index (χ2n) is 3.79. The van der Waals surface area contributed by atoms with Crippen LogP contribution in [0.15, 0.2) is 24.5 Å². The van der Waals surface area contributed by atoms with Crippen molar-refractivity contribution >= 4 is 5.78 Å². The van der Waals surface area contributed by atoms with E-state index in [0.717, 1.165) is 18.4 Å². The molecule has 2 rings (SSSR count). The fourth-order valence-corrected chi connectivity index (χ4v) is 1.48. The Balaban J connectivity index is 1.94. The van der Waals surface area contributed by atoms with Crippen LogP contribution in [0.4, 0.5) is 0 Å². The highest BCUT2D eigenvalue weighted by Crippen LogP contribution is 2.33. The van der Waals surface area contributed by atoms with E-state index in [-0.39, 0.29) is 11.7 Å². The third-order valence-electron chi connectivity index (χ3n) is 2.50. The van der Waals surface area contributed by atoms with Gasteiger partial charge in [0.1, 0.15) is 6.10 Å². The number of ketones is 1.